The van der Waals surface area contributed by atoms with E-state index in [-0.39, 0.29) is 6.04 Å². The molecule has 0 spiro atoms. The van der Waals surface area contributed by atoms with Crippen LogP contribution < -0.4 is 5.32 Å². The van der Waals surface area contributed by atoms with Crippen molar-refractivity contribution >= 4 is 5.91 Å². The lowest BCUT2D eigenvalue weighted by atomic mass is 10.2. The Morgan fingerprint density at radius 1 is 1.28 bits per heavy atom. The fourth-order valence-corrected chi connectivity index (χ4v) is 2.85. The molecule has 102 valence electrons. The largest absolute Gasteiger partial charge is 0.338 e. The zero-order valence-corrected chi connectivity index (χ0v) is 11.4. The number of carbonyl (C=O) groups excluding carboxylic acids is 1. The quantitative estimate of drug-likeness (QED) is 0.780. The van der Waals surface area contributed by atoms with Gasteiger partial charge >= 0.3 is 0 Å². The minimum atomic E-state index is 0.0754. The lowest BCUT2D eigenvalue weighted by molar-refractivity contribution is -0.137. The summed E-state index contributed by atoms with van der Waals surface area (Å²) in [4.78, 5) is 17.2. The van der Waals surface area contributed by atoms with E-state index in [1.165, 1.54) is 25.7 Å². The van der Waals surface area contributed by atoms with Gasteiger partial charge < -0.3 is 10.2 Å². The lowest BCUT2D eigenvalue weighted by Crippen LogP contribution is -2.54. The fourth-order valence-electron chi connectivity index (χ4n) is 2.85. The molecule has 1 saturated heterocycles. The molecule has 18 heavy (non-hydrogen) atoms. The summed E-state index contributed by atoms with van der Waals surface area (Å²) in [6, 6.07) is 0.648. The van der Waals surface area contributed by atoms with Gasteiger partial charge in [0, 0.05) is 38.8 Å². The minimum Gasteiger partial charge on any atom is -0.338 e. The Kier molecular flexibility index (Phi) is 3.57. The molecule has 1 N–H and O–H groups in total. The van der Waals surface area contributed by atoms with Crippen molar-refractivity contribution in [3.05, 3.63) is 0 Å². The second kappa shape index (κ2) is 5.17. The average molecular weight is 251 g/mol. The van der Waals surface area contributed by atoms with Crippen LogP contribution in [0.15, 0.2) is 0 Å². The molecule has 1 heterocycles. The highest BCUT2D eigenvalue weighted by Crippen LogP contribution is 2.35. The standard InChI is InChI=1S/C14H25N3O/c1-11(16-8-6-15-7-9-16)14(18)17(13-4-5-13)10-12-2-3-12/h11-13,15H,2-10H2,1H3. The van der Waals surface area contributed by atoms with Crippen molar-refractivity contribution in [1.29, 1.82) is 0 Å². The third-order valence-corrected chi connectivity index (χ3v) is 4.48. The predicted octanol–water partition coefficient (Wildman–Crippen LogP) is 0.681. The molecule has 1 amide bonds. The second-order valence-corrected chi connectivity index (χ2v) is 6.13. The highest BCUT2D eigenvalue weighted by Gasteiger charge is 2.39. The van der Waals surface area contributed by atoms with E-state index >= 15 is 0 Å². The van der Waals surface area contributed by atoms with Gasteiger partial charge in [0.1, 0.15) is 0 Å². The molecule has 4 nitrogen and oxygen atoms in total. The smallest absolute Gasteiger partial charge is 0.239 e. The van der Waals surface area contributed by atoms with Crippen LogP contribution in [0.3, 0.4) is 0 Å². The zero-order chi connectivity index (χ0) is 12.5. The molecule has 0 aromatic heterocycles. The Hall–Kier alpha value is -0.610. The van der Waals surface area contributed by atoms with Crippen LogP contribution in [0, 0.1) is 5.92 Å². The van der Waals surface area contributed by atoms with Gasteiger partial charge in [-0.25, -0.2) is 0 Å². The molecule has 0 aromatic carbocycles. The van der Waals surface area contributed by atoms with E-state index in [1.807, 2.05) is 0 Å². The number of carbonyl (C=O) groups is 1. The molecule has 3 rings (SSSR count). The van der Waals surface area contributed by atoms with Gasteiger partial charge in [0.25, 0.3) is 0 Å². The van der Waals surface area contributed by atoms with Crippen molar-refractivity contribution < 1.29 is 4.79 Å². The van der Waals surface area contributed by atoms with Crippen molar-refractivity contribution in [2.24, 2.45) is 5.92 Å². The Balaban J connectivity index is 1.59. The lowest BCUT2D eigenvalue weighted by Gasteiger charge is -2.35. The fraction of sp³-hybridized carbons (Fsp3) is 0.929. The van der Waals surface area contributed by atoms with E-state index in [2.05, 4.69) is 22.0 Å². The van der Waals surface area contributed by atoms with Crippen LogP contribution in [0.2, 0.25) is 0 Å². The van der Waals surface area contributed by atoms with E-state index in [0.29, 0.717) is 11.9 Å². The molecule has 4 heteroatoms. The molecular weight excluding hydrogens is 226 g/mol. The Morgan fingerprint density at radius 2 is 1.94 bits per heavy atom. The van der Waals surface area contributed by atoms with Crippen LogP contribution >= 0.6 is 0 Å². The summed E-state index contributed by atoms with van der Waals surface area (Å²) in [5, 5.41) is 3.35. The van der Waals surface area contributed by atoms with Crippen LogP contribution in [-0.2, 0) is 4.79 Å². The first-order valence-corrected chi connectivity index (χ1v) is 7.51. The number of piperazine rings is 1. The third kappa shape index (κ3) is 2.86. The summed E-state index contributed by atoms with van der Waals surface area (Å²) in [6.45, 7) is 7.17. The zero-order valence-electron chi connectivity index (χ0n) is 11.4. The van der Waals surface area contributed by atoms with Gasteiger partial charge in [0.05, 0.1) is 6.04 Å². The Bertz CT molecular complexity index is 306. The molecule has 1 unspecified atom stereocenters. The number of nitrogens with zero attached hydrogens (tertiary/aromatic N) is 2. The van der Waals surface area contributed by atoms with Crippen molar-refractivity contribution in [3.63, 3.8) is 0 Å². The van der Waals surface area contributed by atoms with Gasteiger partial charge in [-0.15, -0.1) is 0 Å². The monoisotopic (exact) mass is 251 g/mol. The van der Waals surface area contributed by atoms with Crippen LogP contribution in [-0.4, -0.2) is 60.5 Å². The molecule has 0 radical (unpaired) electrons. The van der Waals surface area contributed by atoms with Crippen molar-refractivity contribution in [2.45, 2.75) is 44.7 Å². The molecular formula is C14H25N3O. The molecule has 3 aliphatic rings. The normalized spacial score (nSPS) is 26.9. The maximum atomic E-state index is 12.7. The summed E-state index contributed by atoms with van der Waals surface area (Å²) in [5.74, 6) is 1.19. The van der Waals surface area contributed by atoms with Crippen molar-refractivity contribution in [1.82, 2.24) is 15.1 Å². The molecule has 2 aliphatic carbocycles. The van der Waals surface area contributed by atoms with Gasteiger partial charge in [-0.2, -0.15) is 0 Å². The van der Waals surface area contributed by atoms with E-state index < -0.39 is 0 Å². The van der Waals surface area contributed by atoms with E-state index in [4.69, 9.17) is 0 Å². The topological polar surface area (TPSA) is 35.6 Å². The highest BCUT2D eigenvalue weighted by atomic mass is 16.2. The summed E-state index contributed by atoms with van der Waals surface area (Å²) in [5.41, 5.74) is 0. The SMILES string of the molecule is CC(C(=O)N(CC1CC1)C1CC1)N1CCNCC1. The van der Waals surface area contributed by atoms with Gasteiger partial charge in [-0.3, -0.25) is 9.69 Å². The molecule has 0 aromatic rings. The molecule has 2 saturated carbocycles. The van der Waals surface area contributed by atoms with Gasteiger partial charge in [-0.05, 0) is 38.5 Å². The van der Waals surface area contributed by atoms with E-state index in [9.17, 15) is 4.79 Å². The van der Waals surface area contributed by atoms with Crippen LogP contribution in [0.4, 0.5) is 0 Å². The van der Waals surface area contributed by atoms with Gasteiger partial charge in [0.15, 0.2) is 0 Å². The first-order chi connectivity index (χ1) is 8.75. The Morgan fingerprint density at radius 3 is 2.50 bits per heavy atom. The summed E-state index contributed by atoms with van der Waals surface area (Å²) in [7, 11) is 0. The average Bonchev–Trinajstić information content (AvgIpc) is 3.28. The highest BCUT2D eigenvalue weighted by molar-refractivity contribution is 5.82. The summed E-state index contributed by atoms with van der Waals surface area (Å²) >= 11 is 0. The summed E-state index contributed by atoms with van der Waals surface area (Å²) in [6.07, 6.45) is 5.12. The van der Waals surface area contributed by atoms with Gasteiger partial charge in [-0.1, -0.05) is 0 Å². The van der Waals surface area contributed by atoms with Crippen LogP contribution in [0.5, 0.6) is 0 Å². The number of nitrogens with one attached hydrogen (secondary N) is 1. The summed E-state index contributed by atoms with van der Waals surface area (Å²) < 4.78 is 0. The van der Waals surface area contributed by atoms with Crippen LogP contribution in [0.1, 0.15) is 32.6 Å². The molecule has 3 fully saturated rings. The molecule has 1 atom stereocenters. The predicted molar refractivity (Wildman–Crippen MR) is 71.4 cm³/mol. The maximum Gasteiger partial charge on any atom is 0.239 e. The van der Waals surface area contributed by atoms with Gasteiger partial charge in [0.2, 0.25) is 5.91 Å². The number of hydrogen-bond donors (Lipinski definition) is 1. The number of hydrogen-bond acceptors (Lipinski definition) is 3. The van der Waals surface area contributed by atoms with Crippen LogP contribution in [0.25, 0.3) is 0 Å². The van der Waals surface area contributed by atoms with E-state index in [0.717, 1.165) is 38.6 Å². The third-order valence-electron chi connectivity index (χ3n) is 4.48. The number of rotatable bonds is 5. The van der Waals surface area contributed by atoms with Crippen molar-refractivity contribution in [2.75, 3.05) is 32.7 Å². The van der Waals surface area contributed by atoms with Crippen molar-refractivity contribution in [3.8, 4) is 0 Å². The maximum absolute atomic E-state index is 12.7. The minimum absolute atomic E-state index is 0.0754. The first-order valence-electron chi connectivity index (χ1n) is 7.51. The second-order valence-electron chi connectivity index (χ2n) is 6.13. The number of amides is 1. The molecule has 0 bridgehead atoms. The Labute approximate surface area is 110 Å². The molecule has 1 aliphatic heterocycles. The first kappa shape index (κ1) is 12.4. The van der Waals surface area contributed by atoms with E-state index in [1.54, 1.807) is 0 Å².